The van der Waals surface area contributed by atoms with E-state index in [9.17, 15) is 9.59 Å². The van der Waals surface area contributed by atoms with Gasteiger partial charge in [0.25, 0.3) is 0 Å². The number of nitrogens with zero attached hydrogens (tertiary/aromatic N) is 1. The van der Waals surface area contributed by atoms with Crippen molar-refractivity contribution < 1.29 is 19.4 Å². The number of carbonyl (C=O) groups is 2. The summed E-state index contributed by atoms with van der Waals surface area (Å²) in [4.78, 5) is 25.3. The van der Waals surface area contributed by atoms with Gasteiger partial charge in [-0.2, -0.15) is 0 Å². The normalized spacial score (nSPS) is 15.6. The summed E-state index contributed by atoms with van der Waals surface area (Å²) < 4.78 is 6.09. The lowest BCUT2D eigenvalue weighted by molar-refractivity contribution is -0.146. The number of piperidine rings is 1. The van der Waals surface area contributed by atoms with Crippen LogP contribution < -0.4 is 10.1 Å². The highest BCUT2D eigenvalue weighted by atomic mass is 16.5. The zero-order valence-electron chi connectivity index (χ0n) is 16.0. The molecule has 1 saturated heterocycles. The van der Waals surface area contributed by atoms with Gasteiger partial charge in [-0.05, 0) is 35.8 Å². The summed E-state index contributed by atoms with van der Waals surface area (Å²) in [7, 11) is 0. The predicted molar refractivity (Wildman–Crippen MR) is 100 cm³/mol. The third-order valence-corrected chi connectivity index (χ3v) is 4.66. The van der Waals surface area contributed by atoms with Crippen LogP contribution in [0.25, 0.3) is 0 Å². The Balaban J connectivity index is 1.83. The molecular weight excluding hydrogens is 332 g/mol. The SMILES string of the molecule is CC(C)(C)c1ccccc1OCC1CCN(C(=O)C(=O)NCCO)CC1. The van der Waals surface area contributed by atoms with Gasteiger partial charge in [0.1, 0.15) is 5.75 Å². The van der Waals surface area contributed by atoms with E-state index < -0.39 is 11.8 Å². The number of benzene rings is 1. The van der Waals surface area contributed by atoms with Crippen molar-refractivity contribution in [2.24, 2.45) is 5.92 Å². The van der Waals surface area contributed by atoms with Crippen molar-refractivity contribution >= 4 is 11.8 Å². The van der Waals surface area contributed by atoms with Crippen molar-refractivity contribution in [1.29, 1.82) is 0 Å². The molecule has 1 heterocycles. The van der Waals surface area contributed by atoms with Gasteiger partial charge in [-0.15, -0.1) is 0 Å². The van der Waals surface area contributed by atoms with Crippen LogP contribution in [0.2, 0.25) is 0 Å². The molecule has 1 fully saturated rings. The van der Waals surface area contributed by atoms with Crippen LogP contribution in [0.1, 0.15) is 39.2 Å². The van der Waals surface area contributed by atoms with Crippen LogP contribution in [0.5, 0.6) is 5.75 Å². The van der Waals surface area contributed by atoms with Gasteiger partial charge in [0.15, 0.2) is 0 Å². The van der Waals surface area contributed by atoms with Gasteiger partial charge in [-0.25, -0.2) is 0 Å². The molecule has 1 aliphatic heterocycles. The molecule has 6 nitrogen and oxygen atoms in total. The van der Waals surface area contributed by atoms with E-state index in [0.29, 0.717) is 25.6 Å². The Bertz CT molecular complexity index is 616. The summed E-state index contributed by atoms with van der Waals surface area (Å²) in [5.74, 6) is 0.123. The number of nitrogens with one attached hydrogen (secondary N) is 1. The summed E-state index contributed by atoms with van der Waals surface area (Å²) in [5.41, 5.74) is 1.21. The van der Waals surface area contributed by atoms with Crippen molar-refractivity contribution in [2.75, 3.05) is 32.8 Å². The molecule has 1 aromatic carbocycles. The second-order valence-electron chi connectivity index (χ2n) is 7.77. The molecular formula is C20H30N2O4. The van der Waals surface area contributed by atoms with Crippen LogP contribution in [0.4, 0.5) is 0 Å². The van der Waals surface area contributed by atoms with Crippen LogP contribution in [-0.2, 0) is 15.0 Å². The summed E-state index contributed by atoms with van der Waals surface area (Å²) in [6, 6.07) is 8.11. The maximum absolute atomic E-state index is 12.0. The van der Waals surface area contributed by atoms with Crippen molar-refractivity contribution in [2.45, 2.75) is 39.0 Å². The average Bonchev–Trinajstić information content (AvgIpc) is 2.63. The lowest BCUT2D eigenvalue weighted by Crippen LogP contribution is -2.47. The van der Waals surface area contributed by atoms with E-state index in [-0.39, 0.29) is 18.6 Å². The first-order valence-corrected chi connectivity index (χ1v) is 9.23. The third-order valence-electron chi connectivity index (χ3n) is 4.66. The smallest absolute Gasteiger partial charge is 0.311 e. The summed E-state index contributed by atoms with van der Waals surface area (Å²) in [6.07, 6.45) is 1.63. The van der Waals surface area contributed by atoms with E-state index in [4.69, 9.17) is 9.84 Å². The number of aliphatic hydroxyl groups excluding tert-OH is 1. The monoisotopic (exact) mass is 362 g/mol. The maximum atomic E-state index is 12.0. The molecule has 0 bridgehead atoms. The summed E-state index contributed by atoms with van der Waals surface area (Å²) >= 11 is 0. The number of hydrogen-bond donors (Lipinski definition) is 2. The number of ether oxygens (including phenoxy) is 1. The lowest BCUT2D eigenvalue weighted by atomic mass is 9.86. The van der Waals surface area contributed by atoms with E-state index in [0.717, 1.165) is 18.6 Å². The zero-order chi connectivity index (χ0) is 19.2. The second kappa shape index (κ2) is 9.03. The number of likely N-dealkylation sites (tertiary alicyclic amines) is 1. The lowest BCUT2D eigenvalue weighted by Gasteiger charge is -2.32. The largest absolute Gasteiger partial charge is 0.493 e. The number of amides is 2. The minimum absolute atomic E-state index is 0.0221. The molecule has 0 aliphatic carbocycles. The molecule has 0 saturated carbocycles. The highest BCUT2D eigenvalue weighted by molar-refractivity contribution is 6.35. The maximum Gasteiger partial charge on any atom is 0.311 e. The number of carbonyl (C=O) groups excluding carboxylic acids is 2. The summed E-state index contributed by atoms with van der Waals surface area (Å²) in [6.45, 7) is 8.16. The van der Waals surface area contributed by atoms with Crippen LogP contribution in [0, 0.1) is 5.92 Å². The molecule has 0 atom stereocenters. The standard InChI is InChI=1S/C20H30N2O4/c1-20(2,3)16-6-4-5-7-17(16)26-14-15-8-11-22(12-9-15)19(25)18(24)21-10-13-23/h4-7,15,23H,8-14H2,1-3H3,(H,21,24). The Labute approximate surface area is 155 Å². The fourth-order valence-corrected chi connectivity index (χ4v) is 3.11. The molecule has 0 radical (unpaired) electrons. The van der Waals surface area contributed by atoms with Gasteiger partial charge >= 0.3 is 11.8 Å². The van der Waals surface area contributed by atoms with Crippen molar-refractivity contribution in [1.82, 2.24) is 10.2 Å². The highest BCUT2D eigenvalue weighted by Gasteiger charge is 2.27. The van der Waals surface area contributed by atoms with E-state index in [2.05, 4.69) is 32.2 Å². The minimum atomic E-state index is -0.646. The number of hydrogen-bond acceptors (Lipinski definition) is 4. The Kier molecular flexibility index (Phi) is 7.03. The second-order valence-corrected chi connectivity index (χ2v) is 7.77. The Hall–Kier alpha value is -2.08. The number of para-hydroxylation sites is 1. The Morgan fingerprint density at radius 3 is 2.50 bits per heavy atom. The molecule has 6 heteroatoms. The fourth-order valence-electron chi connectivity index (χ4n) is 3.11. The van der Waals surface area contributed by atoms with Gasteiger partial charge in [0, 0.05) is 19.6 Å². The molecule has 1 aromatic rings. The van der Waals surface area contributed by atoms with Crippen molar-refractivity contribution in [3.63, 3.8) is 0 Å². The first-order valence-electron chi connectivity index (χ1n) is 9.23. The molecule has 2 N–H and O–H groups in total. The molecule has 2 rings (SSSR count). The topological polar surface area (TPSA) is 78.9 Å². The van der Waals surface area contributed by atoms with Gasteiger partial charge < -0.3 is 20.1 Å². The van der Waals surface area contributed by atoms with Crippen LogP contribution in [-0.4, -0.2) is 54.7 Å². The number of aliphatic hydroxyl groups is 1. The minimum Gasteiger partial charge on any atom is -0.493 e. The fraction of sp³-hybridized carbons (Fsp3) is 0.600. The van der Waals surface area contributed by atoms with Crippen LogP contribution >= 0.6 is 0 Å². The quantitative estimate of drug-likeness (QED) is 0.782. The molecule has 0 spiro atoms. The van der Waals surface area contributed by atoms with E-state index in [1.807, 2.05) is 18.2 Å². The van der Waals surface area contributed by atoms with Crippen molar-refractivity contribution in [3.8, 4) is 5.75 Å². The first kappa shape index (κ1) is 20.2. The molecule has 2 amide bonds. The van der Waals surface area contributed by atoms with E-state index in [1.54, 1.807) is 4.90 Å². The molecule has 26 heavy (non-hydrogen) atoms. The third kappa shape index (κ3) is 5.46. The molecule has 0 unspecified atom stereocenters. The molecule has 144 valence electrons. The predicted octanol–water partition coefficient (Wildman–Crippen LogP) is 1.71. The number of rotatable bonds is 5. The van der Waals surface area contributed by atoms with E-state index >= 15 is 0 Å². The highest BCUT2D eigenvalue weighted by Crippen LogP contribution is 2.31. The van der Waals surface area contributed by atoms with Crippen LogP contribution in [0.3, 0.4) is 0 Å². The van der Waals surface area contributed by atoms with E-state index in [1.165, 1.54) is 5.56 Å². The summed E-state index contributed by atoms with van der Waals surface area (Å²) in [5, 5.41) is 11.1. The van der Waals surface area contributed by atoms with Gasteiger partial charge in [-0.3, -0.25) is 9.59 Å². The van der Waals surface area contributed by atoms with Gasteiger partial charge in [0.05, 0.1) is 13.2 Å². The van der Waals surface area contributed by atoms with Crippen LogP contribution in [0.15, 0.2) is 24.3 Å². The molecule has 1 aliphatic rings. The Morgan fingerprint density at radius 1 is 1.23 bits per heavy atom. The average molecular weight is 362 g/mol. The Morgan fingerprint density at radius 2 is 1.88 bits per heavy atom. The van der Waals surface area contributed by atoms with Gasteiger partial charge in [0.2, 0.25) is 0 Å². The first-order chi connectivity index (χ1) is 12.3. The van der Waals surface area contributed by atoms with Gasteiger partial charge in [-0.1, -0.05) is 39.0 Å². The molecule has 0 aromatic heterocycles. The zero-order valence-corrected chi connectivity index (χ0v) is 16.0. The van der Waals surface area contributed by atoms with Crippen molar-refractivity contribution in [3.05, 3.63) is 29.8 Å².